The van der Waals surface area contributed by atoms with Crippen molar-refractivity contribution in [1.29, 1.82) is 0 Å². The number of hydrogen-bond donors (Lipinski definition) is 0. The summed E-state index contributed by atoms with van der Waals surface area (Å²) >= 11 is 0.891. The van der Waals surface area contributed by atoms with E-state index in [9.17, 15) is 26.8 Å². The maximum atomic E-state index is 14.4. The smallest absolute Gasteiger partial charge is 0.326 e. The molecular formula is C18H21F2N3O5S2. The number of sulfonamides is 1. The van der Waals surface area contributed by atoms with Gasteiger partial charge in [-0.15, -0.1) is 0 Å². The molecule has 3 rings (SSSR count). The summed E-state index contributed by atoms with van der Waals surface area (Å²) in [6.45, 7) is 1.79. The maximum absolute atomic E-state index is 14.4. The molecule has 2 heterocycles. The number of carbonyl (C=O) groups is 2. The molecule has 1 aliphatic heterocycles. The number of thiazole rings is 1. The Kier molecular flexibility index (Phi) is 6.68. The van der Waals surface area contributed by atoms with E-state index in [-0.39, 0.29) is 41.3 Å². The summed E-state index contributed by atoms with van der Waals surface area (Å²) in [7, 11) is -3.32. The number of benzene rings is 1. The summed E-state index contributed by atoms with van der Waals surface area (Å²) in [5.41, 5.74) is -0.0344. The van der Waals surface area contributed by atoms with E-state index in [1.807, 2.05) is 0 Å². The fourth-order valence-corrected chi connectivity index (χ4v) is 5.27. The molecule has 1 amide bonds. The second kappa shape index (κ2) is 8.90. The van der Waals surface area contributed by atoms with E-state index in [0.717, 1.165) is 23.7 Å². The number of halogens is 2. The van der Waals surface area contributed by atoms with Crippen molar-refractivity contribution in [1.82, 2.24) is 8.87 Å². The Bertz CT molecular complexity index is 1150. The minimum Gasteiger partial charge on any atom is -0.465 e. The fraction of sp³-hybridized carbons (Fsp3) is 0.500. The summed E-state index contributed by atoms with van der Waals surface area (Å²) in [4.78, 5) is 28.8. The Morgan fingerprint density at radius 1 is 1.27 bits per heavy atom. The molecule has 1 aromatic heterocycles. The normalized spacial score (nSPS) is 16.9. The quantitative estimate of drug-likeness (QED) is 0.631. The van der Waals surface area contributed by atoms with Gasteiger partial charge >= 0.3 is 5.97 Å². The van der Waals surface area contributed by atoms with Crippen LogP contribution in [0.1, 0.15) is 19.8 Å². The number of esters is 1. The first-order valence-corrected chi connectivity index (χ1v) is 11.9. The molecule has 1 aromatic carbocycles. The van der Waals surface area contributed by atoms with Gasteiger partial charge in [-0.05, 0) is 25.8 Å². The Balaban J connectivity index is 1.96. The highest BCUT2D eigenvalue weighted by atomic mass is 32.2. The van der Waals surface area contributed by atoms with E-state index in [2.05, 4.69) is 4.99 Å². The Morgan fingerprint density at radius 3 is 2.53 bits per heavy atom. The van der Waals surface area contributed by atoms with Gasteiger partial charge in [0.05, 0.1) is 23.1 Å². The first-order chi connectivity index (χ1) is 14.1. The second-order valence-electron chi connectivity index (χ2n) is 6.90. The third-order valence-corrected chi connectivity index (χ3v) is 7.09. The van der Waals surface area contributed by atoms with Crippen LogP contribution in [0, 0.1) is 17.6 Å². The molecule has 0 saturated carbocycles. The highest BCUT2D eigenvalue weighted by Gasteiger charge is 2.29. The van der Waals surface area contributed by atoms with E-state index >= 15 is 0 Å². The molecule has 0 aliphatic carbocycles. The number of fused-ring (bicyclic) bond motifs is 1. The van der Waals surface area contributed by atoms with Crippen molar-refractivity contribution >= 4 is 43.5 Å². The summed E-state index contributed by atoms with van der Waals surface area (Å²) < 4.78 is 58.9. The lowest BCUT2D eigenvalue weighted by Gasteiger charge is -2.28. The molecule has 12 heteroatoms. The molecule has 2 aromatic rings. The van der Waals surface area contributed by atoms with Crippen LogP contribution in [-0.2, 0) is 30.9 Å². The zero-order chi connectivity index (χ0) is 22.1. The van der Waals surface area contributed by atoms with Crippen molar-refractivity contribution < 1.29 is 31.5 Å². The Labute approximate surface area is 175 Å². The van der Waals surface area contributed by atoms with Crippen LogP contribution < -0.4 is 4.80 Å². The number of piperidine rings is 1. The lowest BCUT2D eigenvalue weighted by atomic mass is 9.98. The third kappa shape index (κ3) is 4.93. The van der Waals surface area contributed by atoms with Crippen LogP contribution in [0.25, 0.3) is 10.2 Å². The number of hydrogen-bond acceptors (Lipinski definition) is 6. The standard InChI is InChI=1S/C18H21F2N3O5S2/c1-3-28-15(24)10-23-16-13(20)8-12(19)9-14(16)29-18(23)21-17(25)11-4-6-22(7-5-11)30(2,26)27/h8-9,11H,3-7,10H2,1-2H3. The van der Waals surface area contributed by atoms with Crippen molar-refractivity contribution in [3.8, 4) is 0 Å². The van der Waals surface area contributed by atoms with Crippen molar-refractivity contribution in [2.24, 2.45) is 10.9 Å². The number of amides is 1. The van der Waals surface area contributed by atoms with Gasteiger partial charge in [0.25, 0.3) is 5.91 Å². The number of nitrogens with zero attached hydrogens (tertiary/aromatic N) is 3. The van der Waals surface area contributed by atoms with Crippen LogP contribution in [0.3, 0.4) is 0 Å². The molecule has 1 saturated heterocycles. The summed E-state index contributed by atoms with van der Waals surface area (Å²) in [6.07, 6.45) is 1.73. The molecule has 1 aliphatic rings. The van der Waals surface area contributed by atoms with E-state index < -0.39 is 39.5 Å². The van der Waals surface area contributed by atoms with E-state index in [4.69, 9.17) is 4.74 Å². The minimum absolute atomic E-state index is 0.0344. The SMILES string of the molecule is CCOC(=O)Cn1c(=NC(=O)C2CCN(S(C)(=O)=O)CC2)sc2cc(F)cc(F)c21. The number of aromatic nitrogens is 1. The molecule has 0 atom stereocenters. The van der Waals surface area contributed by atoms with Gasteiger partial charge in [0.2, 0.25) is 10.0 Å². The predicted molar refractivity (Wildman–Crippen MR) is 106 cm³/mol. The van der Waals surface area contributed by atoms with Gasteiger partial charge in [0, 0.05) is 25.1 Å². The monoisotopic (exact) mass is 461 g/mol. The average molecular weight is 462 g/mol. The summed E-state index contributed by atoms with van der Waals surface area (Å²) in [6, 6.07) is 1.81. The van der Waals surface area contributed by atoms with Gasteiger partial charge in [0.15, 0.2) is 10.6 Å². The Hall–Kier alpha value is -2.18. The van der Waals surface area contributed by atoms with Gasteiger partial charge < -0.3 is 9.30 Å². The second-order valence-corrected chi connectivity index (χ2v) is 9.89. The Morgan fingerprint density at radius 2 is 1.93 bits per heavy atom. The highest BCUT2D eigenvalue weighted by Crippen LogP contribution is 2.24. The van der Waals surface area contributed by atoms with Gasteiger partial charge in [-0.3, -0.25) is 9.59 Å². The molecular weight excluding hydrogens is 440 g/mol. The van der Waals surface area contributed by atoms with E-state index in [0.29, 0.717) is 18.9 Å². The van der Waals surface area contributed by atoms with Crippen LogP contribution in [0.4, 0.5) is 8.78 Å². The minimum atomic E-state index is -3.32. The predicted octanol–water partition coefficient (Wildman–Crippen LogP) is 1.64. The van der Waals surface area contributed by atoms with Crippen molar-refractivity contribution in [2.45, 2.75) is 26.3 Å². The van der Waals surface area contributed by atoms with Crippen molar-refractivity contribution in [3.05, 3.63) is 28.6 Å². The van der Waals surface area contributed by atoms with Crippen LogP contribution in [0.15, 0.2) is 17.1 Å². The third-order valence-electron chi connectivity index (χ3n) is 4.77. The van der Waals surface area contributed by atoms with Gasteiger partial charge in [-0.1, -0.05) is 11.3 Å². The molecule has 164 valence electrons. The van der Waals surface area contributed by atoms with Crippen molar-refractivity contribution in [2.75, 3.05) is 26.0 Å². The van der Waals surface area contributed by atoms with Crippen LogP contribution in [0.2, 0.25) is 0 Å². The molecule has 8 nitrogen and oxygen atoms in total. The highest BCUT2D eigenvalue weighted by molar-refractivity contribution is 7.88. The molecule has 0 N–H and O–H groups in total. The largest absolute Gasteiger partial charge is 0.465 e. The fourth-order valence-electron chi connectivity index (χ4n) is 3.32. The lowest BCUT2D eigenvalue weighted by Crippen LogP contribution is -2.39. The molecule has 0 bridgehead atoms. The van der Waals surface area contributed by atoms with Crippen LogP contribution in [-0.4, -0.2) is 55.1 Å². The molecule has 1 fully saturated rings. The van der Waals surface area contributed by atoms with Gasteiger partial charge in [0.1, 0.15) is 12.4 Å². The zero-order valence-electron chi connectivity index (χ0n) is 16.4. The van der Waals surface area contributed by atoms with E-state index in [1.54, 1.807) is 6.92 Å². The molecule has 30 heavy (non-hydrogen) atoms. The van der Waals surface area contributed by atoms with Crippen LogP contribution in [0.5, 0.6) is 0 Å². The van der Waals surface area contributed by atoms with Crippen molar-refractivity contribution in [3.63, 3.8) is 0 Å². The van der Waals surface area contributed by atoms with E-state index in [1.165, 1.54) is 8.87 Å². The topological polar surface area (TPSA) is 98.0 Å². The average Bonchev–Trinajstić information content (AvgIpc) is 2.98. The molecule has 0 radical (unpaired) electrons. The summed E-state index contributed by atoms with van der Waals surface area (Å²) in [5.74, 6) is -3.29. The summed E-state index contributed by atoms with van der Waals surface area (Å²) in [5, 5.41) is 0. The zero-order valence-corrected chi connectivity index (χ0v) is 18.1. The number of carbonyl (C=O) groups excluding carboxylic acids is 2. The lowest BCUT2D eigenvalue weighted by molar-refractivity contribution is -0.143. The van der Waals surface area contributed by atoms with Gasteiger partial charge in [-0.2, -0.15) is 4.99 Å². The maximum Gasteiger partial charge on any atom is 0.326 e. The first-order valence-electron chi connectivity index (χ1n) is 9.28. The number of rotatable bonds is 5. The molecule has 0 unspecified atom stereocenters. The van der Waals surface area contributed by atoms with Crippen LogP contribution >= 0.6 is 11.3 Å². The molecule has 0 spiro atoms. The van der Waals surface area contributed by atoms with Gasteiger partial charge in [-0.25, -0.2) is 21.5 Å². The first kappa shape index (κ1) is 22.5. The number of ether oxygens (including phenoxy) is 1.